The zero-order valence-electron chi connectivity index (χ0n) is 9.15. The Bertz CT molecular complexity index is 247. The largest absolute Gasteiger partial charge is 0.391 e. The maximum absolute atomic E-state index is 12.1. The third-order valence-electron chi connectivity index (χ3n) is 3.27. The number of piperazine rings is 1. The second kappa shape index (κ2) is 4.47. The first-order chi connectivity index (χ1) is 7.18. The summed E-state index contributed by atoms with van der Waals surface area (Å²) in [6.07, 6.45) is 0.395. The maximum atomic E-state index is 12.1. The zero-order valence-corrected chi connectivity index (χ0v) is 9.15. The summed E-state index contributed by atoms with van der Waals surface area (Å²) < 4.78 is 0. The van der Waals surface area contributed by atoms with Crippen molar-refractivity contribution in [1.29, 1.82) is 0 Å². The van der Waals surface area contributed by atoms with Gasteiger partial charge in [0.05, 0.1) is 6.10 Å². The zero-order chi connectivity index (χ0) is 10.8. The highest BCUT2D eigenvalue weighted by molar-refractivity contribution is 5.82. The fourth-order valence-electron chi connectivity index (χ4n) is 2.23. The maximum Gasteiger partial charge on any atom is 0.241 e. The Kier molecular flexibility index (Phi) is 3.23. The lowest BCUT2D eigenvalue weighted by Gasteiger charge is -2.34. The van der Waals surface area contributed by atoms with Crippen molar-refractivity contribution in [2.75, 3.05) is 39.8 Å². The van der Waals surface area contributed by atoms with E-state index in [4.69, 9.17) is 0 Å². The number of nitrogens with zero attached hydrogens (tertiary/aromatic N) is 2. The lowest BCUT2D eigenvalue weighted by molar-refractivity contribution is -0.136. The van der Waals surface area contributed by atoms with Gasteiger partial charge in [-0.1, -0.05) is 0 Å². The third kappa shape index (κ3) is 2.30. The van der Waals surface area contributed by atoms with Crippen LogP contribution in [0.5, 0.6) is 0 Å². The first kappa shape index (κ1) is 10.9. The minimum Gasteiger partial charge on any atom is -0.391 e. The van der Waals surface area contributed by atoms with Crippen LogP contribution in [-0.2, 0) is 4.79 Å². The average molecular weight is 213 g/mol. The van der Waals surface area contributed by atoms with Crippen molar-refractivity contribution in [3.05, 3.63) is 0 Å². The molecule has 5 nitrogen and oxygen atoms in total. The van der Waals surface area contributed by atoms with Crippen molar-refractivity contribution in [1.82, 2.24) is 15.1 Å². The predicted molar refractivity (Wildman–Crippen MR) is 56.5 cm³/mol. The number of aliphatic hydroxyl groups is 1. The molecule has 0 radical (unpaired) electrons. The standard InChI is InChI=1S/C10H19N3O2/c1-12-5-3-11-6-9(12)10(15)13-4-2-8(14)7-13/h8-9,11,14H,2-7H2,1H3/t8-,9?/m1/s1. The summed E-state index contributed by atoms with van der Waals surface area (Å²) in [4.78, 5) is 16.0. The number of likely N-dealkylation sites (tertiary alicyclic amines) is 1. The number of hydrogen-bond acceptors (Lipinski definition) is 4. The summed E-state index contributed by atoms with van der Waals surface area (Å²) in [5.74, 6) is 0.154. The first-order valence-electron chi connectivity index (χ1n) is 5.56. The second-order valence-electron chi connectivity index (χ2n) is 4.43. The number of hydrogen-bond donors (Lipinski definition) is 2. The van der Waals surface area contributed by atoms with Gasteiger partial charge in [0.25, 0.3) is 0 Å². The molecule has 0 bridgehead atoms. The minimum atomic E-state index is -0.323. The van der Waals surface area contributed by atoms with Crippen LogP contribution in [0.3, 0.4) is 0 Å². The molecule has 0 saturated carbocycles. The first-order valence-corrected chi connectivity index (χ1v) is 5.56. The molecular weight excluding hydrogens is 194 g/mol. The number of carbonyl (C=O) groups excluding carboxylic acids is 1. The highest BCUT2D eigenvalue weighted by atomic mass is 16.3. The van der Waals surface area contributed by atoms with Crippen molar-refractivity contribution in [2.24, 2.45) is 0 Å². The minimum absolute atomic E-state index is 0.0518. The highest BCUT2D eigenvalue weighted by Gasteiger charge is 2.33. The van der Waals surface area contributed by atoms with Crippen LogP contribution < -0.4 is 5.32 Å². The molecule has 2 aliphatic rings. The molecule has 2 aliphatic heterocycles. The molecule has 2 rings (SSSR count). The quantitative estimate of drug-likeness (QED) is 0.556. The summed E-state index contributed by atoms with van der Waals surface area (Å²) in [5.41, 5.74) is 0. The van der Waals surface area contributed by atoms with E-state index in [1.54, 1.807) is 4.90 Å². The van der Waals surface area contributed by atoms with E-state index in [-0.39, 0.29) is 18.1 Å². The van der Waals surface area contributed by atoms with Gasteiger partial charge in [-0.2, -0.15) is 0 Å². The van der Waals surface area contributed by atoms with Crippen LogP contribution in [-0.4, -0.2) is 72.7 Å². The topological polar surface area (TPSA) is 55.8 Å². The number of amides is 1. The molecule has 2 fully saturated rings. The van der Waals surface area contributed by atoms with E-state index >= 15 is 0 Å². The van der Waals surface area contributed by atoms with Gasteiger partial charge >= 0.3 is 0 Å². The SMILES string of the molecule is CN1CCNCC1C(=O)N1CC[C@@H](O)C1. The molecule has 15 heavy (non-hydrogen) atoms. The summed E-state index contributed by atoms with van der Waals surface area (Å²) in [6, 6.07) is -0.0518. The van der Waals surface area contributed by atoms with Crippen LogP contribution in [0.1, 0.15) is 6.42 Å². The Morgan fingerprint density at radius 1 is 1.47 bits per heavy atom. The van der Waals surface area contributed by atoms with Gasteiger partial charge < -0.3 is 15.3 Å². The Balaban J connectivity index is 1.94. The van der Waals surface area contributed by atoms with Crippen molar-refractivity contribution < 1.29 is 9.90 Å². The lowest BCUT2D eigenvalue weighted by atomic mass is 10.2. The number of rotatable bonds is 1. The van der Waals surface area contributed by atoms with Gasteiger partial charge in [-0.25, -0.2) is 0 Å². The molecule has 5 heteroatoms. The van der Waals surface area contributed by atoms with Crippen LogP contribution in [0, 0.1) is 0 Å². The van der Waals surface area contributed by atoms with E-state index in [0.29, 0.717) is 13.1 Å². The van der Waals surface area contributed by atoms with Gasteiger partial charge in [0.15, 0.2) is 0 Å². The fourth-order valence-corrected chi connectivity index (χ4v) is 2.23. The molecule has 1 unspecified atom stereocenters. The number of likely N-dealkylation sites (N-methyl/N-ethyl adjacent to an activating group) is 1. The third-order valence-corrected chi connectivity index (χ3v) is 3.27. The molecule has 0 aromatic heterocycles. The molecule has 0 aliphatic carbocycles. The Morgan fingerprint density at radius 3 is 2.87 bits per heavy atom. The van der Waals surface area contributed by atoms with E-state index in [0.717, 1.165) is 26.1 Å². The normalized spacial score (nSPS) is 33.3. The van der Waals surface area contributed by atoms with E-state index in [1.807, 2.05) is 7.05 Å². The molecular formula is C10H19N3O2. The van der Waals surface area contributed by atoms with Crippen molar-refractivity contribution >= 4 is 5.91 Å². The van der Waals surface area contributed by atoms with Crippen LogP contribution in [0.4, 0.5) is 0 Å². The Hall–Kier alpha value is -0.650. The molecule has 1 amide bonds. The van der Waals surface area contributed by atoms with Gasteiger partial charge in [0.1, 0.15) is 6.04 Å². The van der Waals surface area contributed by atoms with E-state index < -0.39 is 0 Å². The predicted octanol–water partition coefficient (Wildman–Crippen LogP) is -1.52. The van der Waals surface area contributed by atoms with Gasteiger partial charge in [-0.3, -0.25) is 9.69 Å². The molecule has 0 aromatic rings. The summed E-state index contributed by atoms with van der Waals surface area (Å²) in [7, 11) is 1.98. The Labute approximate surface area is 90.0 Å². The average Bonchev–Trinajstić information content (AvgIpc) is 2.65. The molecule has 2 N–H and O–H groups in total. The van der Waals surface area contributed by atoms with Crippen LogP contribution in [0.2, 0.25) is 0 Å². The lowest BCUT2D eigenvalue weighted by Crippen LogP contribution is -2.56. The van der Waals surface area contributed by atoms with Crippen LogP contribution in [0.25, 0.3) is 0 Å². The second-order valence-corrected chi connectivity index (χ2v) is 4.43. The van der Waals surface area contributed by atoms with Gasteiger partial charge in [-0.05, 0) is 13.5 Å². The van der Waals surface area contributed by atoms with E-state index in [2.05, 4.69) is 10.2 Å². The molecule has 2 atom stereocenters. The van der Waals surface area contributed by atoms with Crippen LogP contribution >= 0.6 is 0 Å². The number of β-amino-alcohol motifs (C(OH)–C–C–N with tert-alkyl or cyclic N) is 1. The summed E-state index contributed by atoms with van der Waals surface area (Å²) >= 11 is 0. The smallest absolute Gasteiger partial charge is 0.241 e. The van der Waals surface area contributed by atoms with E-state index in [1.165, 1.54) is 0 Å². The Morgan fingerprint density at radius 2 is 2.27 bits per heavy atom. The monoisotopic (exact) mass is 213 g/mol. The number of carbonyl (C=O) groups is 1. The van der Waals surface area contributed by atoms with Crippen LogP contribution in [0.15, 0.2) is 0 Å². The van der Waals surface area contributed by atoms with Crippen molar-refractivity contribution in [3.8, 4) is 0 Å². The van der Waals surface area contributed by atoms with Gasteiger partial charge in [-0.15, -0.1) is 0 Å². The van der Waals surface area contributed by atoms with E-state index in [9.17, 15) is 9.90 Å². The van der Waals surface area contributed by atoms with Gasteiger partial charge in [0.2, 0.25) is 5.91 Å². The number of aliphatic hydroxyl groups excluding tert-OH is 1. The molecule has 0 spiro atoms. The summed E-state index contributed by atoms with van der Waals surface area (Å²) in [5, 5.41) is 12.6. The molecule has 2 saturated heterocycles. The summed E-state index contributed by atoms with van der Waals surface area (Å²) in [6.45, 7) is 3.78. The fraction of sp³-hybridized carbons (Fsp3) is 0.900. The van der Waals surface area contributed by atoms with Gasteiger partial charge in [0, 0.05) is 32.7 Å². The molecule has 2 heterocycles. The van der Waals surface area contributed by atoms with Crippen molar-refractivity contribution in [3.63, 3.8) is 0 Å². The number of nitrogens with one attached hydrogen (secondary N) is 1. The molecule has 0 aromatic carbocycles. The molecule has 86 valence electrons. The van der Waals surface area contributed by atoms with Crippen molar-refractivity contribution in [2.45, 2.75) is 18.6 Å². The highest BCUT2D eigenvalue weighted by Crippen LogP contribution is 2.12.